The largest absolute Gasteiger partial charge is 0.494 e. The fourth-order valence-electron chi connectivity index (χ4n) is 2.70. The Balaban J connectivity index is 2.40. The van der Waals surface area contributed by atoms with E-state index in [-0.39, 0.29) is 11.7 Å². The summed E-state index contributed by atoms with van der Waals surface area (Å²) in [5.41, 5.74) is -0.0929. The molecule has 0 amide bonds. The van der Waals surface area contributed by atoms with E-state index in [0.29, 0.717) is 38.1 Å². The summed E-state index contributed by atoms with van der Waals surface area (Å²) in [6.45, 7) is 3.53. The Bertz CT molecular complexity index is 484. The number of hydrogen-bond acceptors (Lipinski definition) is 4. The molecule has 1 N–H and O–H groups in total. The molecule has 1 aliphatic heterocycles. The first kappa shape index (κ1) is 14.8. The molecule has 1 aliphatic rings. The Hall–Kier alpha value is -1.62. The van der Waals surface area contributed by atoms with Crippen molar-refractivity contribution >= 4 is 5.97 Å². The zero-order valence-corrected chi connectivity index (χ0v) is 11.9. The Morgan fingerprint density at radius 2 is 2.10 bits per heavy atom. The normalized spacial score (nSPS) is 17.6. The lowest BCUT2D eigenvalue weighted by Gasteiger charge is -2.35. The summed E-state index contributed by atoms with van der Waals surface area (Å²) in [6, 6.07) is 4.71. The maximum atomic E-state index is 13.9. The van der Waals surface area contributed by atoms with Gasteiger partial charge in [0.15, 0.2) is 11.6 Å². The molecular weight excluding hydrogens is 261 g/mol. The first-order valence-corrected chi connectivity index (χ1v) is 6.86. The second-order valence-corrected chi connectivity index (χ2v) is 4.90. The molecule has 1 aromatic carbocycles. The standard InChI is InChI=1S/C15H20FNO3/c1-3-20-14(18)15(6-8-17-9-7-15)11-4-5-13(19-2)12(16)10-11/h4-5,10,17H,3,6-9H2,1-2H3. The topological polar surface area (TPSA) is 47.6 Å². The quantitative estimate of drug-likeness (QED) is 0.858. The Morgan fingerprint density at radius 3 is 2.65 bits per heavy atom. The summed E-state index contributed by atoms with van der Waals surface area (Å²) in [7, 11) is 1.42. The zero-order valence-electron chi connectivity index (χ0n) is 11.9. The molecule has 2 rings (SSSR count). The van der Waals surface area contributed by atoms with Crippen LogP contribution in [0.1, 0.15) is 25.3 Å². The van der Waals surface area contributed by atoms with Crippen LogP contribution in [0.5, 0.6) is 5.75 Å². The lowest BCUT2D eigenvalue weighted by molar-refractivity contribution is -0.151. The van der Waals surface area contributed by atoms with E-state index in [1.165, 1.54) is 13.2 Å². The highest BCUT2D eigenvalue weighted by Crippen LogP contribution is 2.36. The van der Waals surface area contributed by atoms with E-state index in [4.69, 9.17) is 9.47 Å². The van der Waals surface area contributed by atoms with Crippen molar-refractivity contribution in [2.45, 2.75) is 25.2 Å². The van der Waals surface area contributed by atoms with Crippen LogP contribution in [0.15, 0.2) is 18.2 Å². The summed E-state index contributed by atoms with van der Waals surface area (Å²) in [4.78, 5) is 12.4. The number of halogens is 1. The van der Waals surface area contributed by atoms with Crippen LogP contribution >= 0.6 is 0 Å². The van der Waals surface area contributed by atoms with Gasteiger partial charge in [0, 0.05) is 0 Å². The summed E-state index contributed by atoms with van der Waals surface area (Å²) in [5, 5.41) is 3.22. The maximum absolute atomic E-state index is 13.9. The summed E-state index contributed by atoms with van der Waals surface area (Å²) < 4.78 is 24.1. The fraction of sp³-hybridized carbons (Fsp3) is 0.533. The van der Waals surface area contributed by atoms with E-state index in [2.05, 4.69) is 5.32 Å². The van der Waals surface area contributed by atoms with Crippen molar-refractivity contribution in [1.29, 1.82) is 0 Å². The fourth-order valence-corrected chi connectivity index (χ4v) is 2.70. The van der Waals surface area contributed by atoms with Crippen LogP contribution < -0.4 is 10.1 Å². The van der Waals surface area contributed by atoms with Crippen molar-refractivity contribution in [2.24, 2.45) is 0 Å². The van der Waals surface area contributed by atoms with E-state index in [1.807, 2.05) is 0 Å². The third-order valence-corrected chi connectivity index (χ3v) is 3.83. The molecule has 0 spiro atoms. The number of piperidine rings is 1. The van der Waals surface area contributed by atoms with Gasteiger partial charge in [-0.1, -0.05) is 6.07 Å². The van der Waals surface area contributed by atoms with E-state index in [0.717, 1.165) is 0 Å². The van der Waals surface area contributed by atoms with Crippen molar-refractivity contribution in [3.8, 4) is 5.75 Å². The molecule has 0 unspecified atom stereocenters. The molecule has 0 radical (unpaired) electrons. The third kappa shape index (κ3) is 2.63. The average Bonchev–Trinajstić information content (AvgIpc) is 2.48. The smallest absolute Gasteiger partial charge is 0.316 e. The molecule has 1 fully saturated rings. The highest BCUT2D eigenvalue weighted by atomic mass is 19.1. The van der Waals surface area contributed by atoms with Crippen molar-refractivity contribution in [1.82, 2.24) is 5.32 Å². The number of carbonyl (C=O) groups excluding carboxylic acids is 1. The van der Waals surface area contributed by atoms with Gasteiger partial charge in [0.05, 0.1) is 19.1 Å². The van der Waals surface area contributed by atoms with E-state index in [1.54, 1.807) is 19.1 Å². The predicted molar refractivity (Wildman–Crippen MR) is 73.4 cm³/mol. The average molecular weight is 281 g/mol. The van der Waals surface area contributed by atoms with Crippen LogP contribution in [0.25, 0.3) is 0 Å². The minimum atomic E-state index is -0.756. The van der Waals surface area contributed by atoms with E-state index in [9.17, 15) is 9.18 Å². The number of nitrogens with one attached hydrogen (secondary N) is 1. The van der Waals surface area contributed by atoms with Crippen LogP contribution in [0.3, 0.4) is 0 Å². The van der Waals surface area contributed by atoms with Gasteiger partial charge in [0.1, 0.15) is 0 Å². The van der Waals surface area contributed by atoms with Gasteiger partial charge in [0.25, 0.3) is 0 Å². The van der Waals surface area contributed by atoms with Crippen molar-refractivity contribution in [3.63, 3.8) is 0 Å². The predicted octanol–water partition coefficient (Wildman–Crippen LogP) is 2.02. The first-order valence-electron chi connectivity index (χ1n) is 6.86. The van der Waals surface area contributed by atoms with Gasteiger partial charge in [-0.25, -0.2) is 4.39 Å². The molecule has 20 heavy (non-hydrogen) atoms. The SMILES string of the molecule is CCOC(=O)C1(c2ccc(OC)c(F)c2)CCNCC1. The molecular formula is C15H20FNO3. The number of esters is 1. The Labute approximate surface area is 118 Å². The van der Waals surface area contributed by atoms with Gasteiger partial charge in [-0.05, 0) is 50.6 Å². The molecule has 0 aliphatic carbocycles. The van der Waals surface area contributed by atoms with Gasteiger partial charge in [-0.15, -0.1) is 0 Å². The van der Waals surface area contributed by atoms with Crippen molar-refractivity contribution in [2.75, 3.05) is 26.8 Å². The second kappa shape index (κ2) is 6.22. The molecule has 1 saturated heterocycles. The van der Waals surface area contributed by atoms with Gasteiger partial charge in [-0.3, -0.25) is 4.79 Å². The summed E-state index contributed by atoms with van der Waals surface area (Å²) in [6.07, 6.45) is 1.22. The lowest BCUT2D eigenvalue weighted by Crippen LogP contribution is -2.46. The molecule has 0 aromatic heterocycles. The van der Waals surface area contributed by atoms with Gasteiger partial charge < -0.3 is 14.8 Å². The first-order chi connectivity index (χ1) is 9.64. The highest BCUT2D eigenvalue weighted by Gasteiger charge is 2.43. The van der Waals surface area contributed by atoms with Crippen LogP contribution in [0.4, 0.5) is 4.39 Å². The molecule has 0 atom stereocenters. The van der Waals surface area contributed by atoms with Crippen LogP contribution in [-0.2, 0) is 14.9 Å². The van der Waals surface area contributed by atoms with E-state index >= 15 is 0 Å². The molecule has 4 nitrogen and oxygen atoms in total. The van der Waals surface area contributed by atoms with Crippen molar-refractivity contribution in [3.05, 3.63) is 29.6 Å². The molecule has 110 valence electrons. The highest BCUT2D eigenvalue weighted by molar-refractivity contribution is 5.83. The minimum Gasteiger partial charge on any atom is -0.494 e. The van der Waals surface area contributed by atoms with Crippen LogP contribution in [0, 0.1) is 5.82 Å². The molecule has 0 bridgehead atoms. The Morgan fingerprint density at radius 1 is 1.40 bits per heavy atom. The molecule has 1 aromatic rings. The lowest BCUT2D eigenvalue weighted by atomic mass is 9.73. The number of rotatable bonds is 4. The molecule has 0 saturated carbocycles. The summed E-state index contributed by atoms with van der Waals surface area (Å²) in [5.74, 6) is -0.542. The number of hydrogen-bond donors (Lipinski definition) is 1. The van der Waals surface area contributed by atoms with Gasteiger partial charge in [-0.2, -0.15) is 0 Å². The monoisotopic (exact) mass is 281 g/mol. The van der Waals surface area contributed by atoms with Gasteiger partial charge in [0.2, 0.25) is 0 Å². The minimum absolute atomic E-state index is 0.182. The third-order valence-electron chi connectivity index (χ3n) is 3.83. The summed E-state index contributed by atoms with van der Waals surface area (Å²) >= 11 is 0. The number of carbonyl (C=O) groups is 1. The zero-order chi connectivity index (χ0) is 14.6. The van der Waals surface area contributed by atoms with E-state index < -0.39 is 11.2 Å². The molecule has 1 heterocycles. The van der Waals surface area contributed by atoms with Crippen LogP contribution in [-0.4, -0.2) is 32.8 Å². The Kier molecular flexibility index (Phi) is 4.60. The molecule has 5 heteroatoms. The number of ether oxygens (including phenoxy) is 2. The van der Waals surface area contributed by atoms with Gasteiger partial charge >= 0.3 is 5.97 Å². The number of methoxy groups -OCH3 is 1. The van der Waals surface area contributed by atoms with Crippen molar-refractivity contribution < 1.29 is 18.7 Å². The maximum Gasteiger partial charge on any atom is 0.316 e. The number of benzene rings is 1. The second-order valence-electron chi connectivity index (χ2n) is 4.90. The van der Waals surface area contributed by atoms with Crippen LogP contribution in [0.2, 0.25) is 0 Å².